The number of nitrogens with zero attached hydrogens (tertiary/aromatic N) is 7. The molecule has 9 nitrogen and oxygen atoms in total. The summed E-state index contributed by atoms with van der Waals surface area (Å²) in [6.07, 6.45) is 3.16. The smallest absolute Gasteiger partial charge is 0.258 e. The van der Waals surface area contributed by atoms with Crippen molar-refractivity contribution in [1.82, 2.24) is 15.1 Å². The topological polar surface area (TPSA) is 102 Å². The molecule has 0 radical (unpaired) electrons. The third-order valence-corrected chi connectivity index (χ3v) is 2.49. The van der Waals surface area contributed by atoms with Gasteiger partial charge in [-0.3, -0.25) is 10.1 Å². The van der Waals surface area contributed by atoms with Crippen molar-refractivity contribution in [2.75, 3.05) is 5.12 Å². The molecule has 2 aromatic rings. The van der Waals surface area contributed by atoms with Gasteiger partial charge in [-0.25, -0.2) is 0 Å². The van der Waals surface area contributed by atoms with Crippen molar-refractivity contribution in [3.05, 3.63) is 46.3 Å². The number of aromatic nitrogens is 3. The number of hydrogen-bond donors (Lipinski definition) is 0. The number of rotatable bonds is 2. The summed E-state index contributed by atoms with van der Waals surface area (Å²) in [7, 11) is 0. The molecule has 0 saturated heterocycles. The normalized spacial score (nSPS) is 13.4. The van der Waals surface area contributed by atoms with E-state index in [0.29, 0.717) is 12.2 Å². The highest BCUT2D eigenvalue weighted by atomic mass is 16.6. The number of non-ortho nitro benzene ring substituents is 1. The van der Waals surface area contributed by atoms with Crippen molar-refractivity contribution in [2.45, 2.75) is 6.54 Å². The Morgan fingerprint density at radius 3 is 3.00 bits per heavy atom. The molecule has 1 aliphatic rings. The number of fused-ring (bicyclic) bond motifs is 1. The maximum Gasteiger partial charge on any atom is 0.271 e. The lowest BCUT2D eigenvalue weighted by atomic mass is 10.1. The molecule has 0 bridgehead atoms. The first kappa shape index (κ1) is 10.3. The van der Waals surface area contributed by atoms with Gasteiger partial charge in [0.2, 0.25) is 0 Å². The number of hydrogen-bond acceptors (Lipinski definition) is 7. The van der Waals surface area contributed by atoms with E-state index in [-0.39, 0.29) is 5.69 Å². The van der Waals surface area contributed by atoms with Crippen LogP contribution in [0.5, 0.6) is 0 Å². The lowest BCUT2D eigenvalue weighted by Gasteiger charge is -2.20. The summed E-state index contributed by atoms with van der Waals surface area (Å²) in [5.74, 6) is 0. The van der Waals surface area contributed by atoms with E-state index in [0.717, 1.165) is 5.56 Å². The Bertz CT molecular complexity index is 622. The molecule has 9 heteroatoms. The van der Waals surface area contributed by atoms with Gasteiger partial charge in [-0.2, -0.15) is 5.12 Å². The molecule has 1 aromatic heterocycles. The van der Waals surface area contributed by atoms with Gasteiger partial charge in [0, 0.05) is 17.7 Å². The van der Waals surface area contributed by atoms with Gasteiger partial charge in [-0.15, -0.1) is 15.0 Å². The van der Waals surface area contributed by atoms with Crippen LogP contribution in [-0.2, 0) is 6.54 Å². The van der Waals surface area contributed by atoms with Crippen LogP contribution in [0.25, 0.3) is 0 Å². The zero-order chi connectivity index (χ0) is 12.5. The monoisotopic (exact) mass is 245 g/mol. The maximum atomic E-state index is 10.6. The highest BCUT2D eigenvalue weighted by Crippen LogP contribution is 2.29. The fourth-order valence-corrected chi connectivity index (χ4v) is 1.61. The van der Waals surface area contributed by atoms with Gasteiger partial charge in [-0.1, -0.05) is 0 Å². The molecule has 2 heterocycles. The second-order valence-corrected chi connectivity index (χ2v) is 3.61. The minimum Gasteiger partial charge on any atom is -0.258 e. The van der Waals surface area contributed by atoms with Gasteiger partial charge < -0.3 is 0 Å². The minimum atomic E-state index is -0.459. The summed E-state index contributed by atoms with van der Waals surface area (Å²) < 4.78 is 0. The minimum absolute atomic E-state index is 0.00176. The number of nitro groups is 1. The molecule has 18 heavy (non-hydrogen) atoms. The fraction of sp³-hybridized carbons (Fsp3) is 0.111. The molecule has 0 fully saturated rings. The van der Waals surface area contributed by atoms with Gasteiger partial charge in [-0.05, 0) is 16.5 Å². The summed E-state index contributed by atoms with van der Waals surface area (Å²) in [4.78, 5) is 11.6. The quantitative estimate of drug-likeness (QED) is 0.586. The van der Waals surface area contributed by atoms with Gasteiger partial charge in [0.15, 0.2) is 0 Å². The van der Waals surface area contributed by atoms with Crippen molar-refractivity contribution in [2.24, 2.45) is 10.3 Å². The third kappa shape index (κ3) is 1.67. The van der Waals surface area contributed by atoms with Crippen molar-refractivity contribution >= 4 is 11.4 Å². The summed E-state index contributed by atoms with van der Waals surface area (Å²) in [6.45, 7) is 0.431. The molecule has 0 unspecified atom stereocenters. The lowest BCUT2D eigenvalue weighted by Crippen LogP contribution is -2.30. The Morgan fingerprint density at radius 1 is 1.39 bits per heavy atom. The Labute approximate surface area is 100 Å². The summed E-state index contributed by atoms with van der Waals surface area (Å²) in [5, 5.41) is 27.4. The number of benzene rings is 1. The molecule has 3 rings (SSSR count). The third-order valence-electron chi connectivity index (χ3n) is 2.49. The van der Waals surface area contributed by atoms with Crippen LogP contribution in [0, 0.1) is 10.1 Å². The van der Waals surface area contributed by atoms with Gasteiger partial charge in [0.1, 0.15) is 0 Å². The van der Waals surface area contributed by atoms with Crippen LogP contribution < -0.4 is 5.12 Å². The van der Waals surface area contributed by atoms with E-state index in [9.17, 15) is 10.1 Å². The zero-order valence-corrected chi connectivity index (χ0v) is 9.04. The largest absolute Gasteiger partial charge is 0.271 e. The summed E-state index contributed by atoms with van der Waals surface area (Å²) in [6, 6.07) is 4.51. The van der Waals surface area contributed by atoms with Crippen molar-refractivity contribution in [1.29, 1.82) is 0 Å². The van der Waals surface area contributed by atoms with E-state index in [1.165, 1.54) is 28.2 Å². The van der Waals surface area contributed by atoms with Crippen LogP contribution in [0.3, 0.4) is 0 Å². The molecule has 1 aliphatic heterocycles. The molecule has 90 valence electrons. The van der Waals surface area contributed by atoms with Gasteiger partial charge >= 0.3 is 0 Å². The molecule has 1 aromatic carbocycles. The average molecular weight is 245 g/mol. The van der Waals surface area contributed by atoms with E-state index >= 15 is 0 Å². The first-order chi connectivity index (χ1) is 8.74. The fourth-order valence-electron chi connectivity index (χ4n) is 1.61. The average Bonchev–Trinajstić information content (AvgIpc) is 2.91. The highest BCUT2D eigenvalue weighted by molar-refractivity contribution is 5.54. The standard InChI is InChI=1S/C9H7N7O2/c17-16(18)8-2-1-7-6-15(13-11-9(7)5-8)14-4-3-10-12-14/h1-5H,6H2. The van der Waals surface area contributed by atoms with Crippen LogP contribution >= 0.6 is 0 Å². The first-order valence-corrected chi connectivity index (χ1v) is 5.07. The van der Waals surface area contributed by atoms with Crippen LogP contribution in [0.15, 0.2) is 40.9 Å². The predicted octanol–water partition coefficient (Wildman–Crippen LogP) is 1.34. The van der Waals surface area contributed by atoms with Crippen molar-refractivity contribution in [3.8, 4) is 0 Å². The predicted molar refractivity (Wildman–Crippen MR) is 59.6 cm³/mol. The van der Waals surface area contributed by atoms with E-state index < -0.39 is 4.92 Å². The summed E-state index contributed by atoms with van der Waals surface area (Å²) >= 11 is 0. The second kappa shape index (κ2) is 3.87. The molecular weight excluding hydrogens is 238 g/mol. The first-order valence-electron chi connectivity index (χ1n) is 5.07. The van der Waals surface area contributed by atoms with Crippen LogP contribution in [0.1, 0.15) is 5.56 Å². The van der Waals surface area contributed by atoms with Crippen LogP contribution in [0.2, 0.25) is 0 Å². The molecule has 0 aliphatic carbocycles. The Hall–Kier alpha value is -2.84. The Balaban J connectivity index is 1.93. The molecule has 0 spiro atoms. The van der Waals surface area contributed by atoms with Crippen LogP contribution in [0.4, 0.5) is 11.4 Å². The van der Waals surface area contributed by atoms with Gasteiger partial charge in [0.05, 0.1) is 29.5 Å². The van der Waals surface area contributed by atoms with Crippen molar-refractivity contribution < 1.29 is 4.92 Å². The Morgan fingerprint density at radius 2 is 2.28 bits per heavy atom. The molecule has 0 saturated carbocycles. The lowest BCUT2D eigenvalue weighted by molar-refractivity contribution is -0.384. The molecule has 0 atom stereocenters. The number of nitro benzene ring substituents is 1. The van der Waals surface area contributed by atoms with Gasteiger partial charge in [0.25, 0.3) is 5.69 Å². The molecule has 0 amide bonds. The molecule has 0 N–H and O–H groups in total. The van der Waals surface area contributed by atoms with Crippen LogP contribution in [-0.4, -0.2) is 20.0 Å². The highest BCUT2D eigenvalue weighted by Gasteiger charge is 2.18. The summed E-state index contributed by atoms with van der Waals surface area (Å²) in [5.41, 5.74) is 1.34. The SMILES string of the molecule is O=[N+]([O-])c1ccc2c(c1)N=NN(n1ccnn1)C2. The Kier molecular flexibility index (Phi) is 2.22. The zero-order valence-electron chi connectivity index (χ0n) is 9.04. The molecular formula is C9H7N7O2. The van der Waals surface area contributed by atoms with E-state index in [4.69, 9.17) is 0 Å². The van der Waals surface area contributed by atoms with E-state index in [1.54, 1.807) is 12.3 Å². The van der Waals surface area contributed by atoms with Crippen molar-refractivity contribution in [3.63, 3.8) is 0 Å². The van der Waals surface area contributed by atoms with E-state index in [2.05, 4.69) is 20.6 Å². The maximum absolute atomic E-state index is 10.6. The second-order valence-electron chi connectivity index (χ2n) is 3.61. The van der Waals surface area contributed by atoms with E-state index in [1.807, 2.05) is 0 Å².